The van der Waals surface area contributed by atoms with Gasteiger partial charge in [-0.15, -0.1) is 0 Å². The van der Waals surface area contributed by atoms with E-state index in [1.165, 1.54) is 12.8 Å². The first-order valence-corrected chi connectivity index (χ1v) is 7.57. The van der Waals surface area contributed by atoms with Crippen molar-refractivity contribution < 1.29 is 9.32 Å². The fourth-order valence-electron chi connectivity index (χ4n) is 2.83. The van der Waals surface area contributed by atoms with Gasteiger partial charge < -0.3 is 15.2 Å². The maximum Gasteiger partial charge on any atom is 0.224 e. The normalized spacial score (nSPS) is 20.6. The Balaban J connectivity index is 1.89. The molecular formula is C15H25N3O2. The van der Waals surface area contributed by atoms with Crippen LogP contribution in [0.1, 0.15) is 44.6 Å². The summed E-state index contributed by atoms with van der Waals surface area (Å²) in [4.78, 5) is 12.2. The molecule has 1 amide bonds. The molecule has 1 aromatic rings. The average Bonchev–Trinajstić information content (AvgIpc) is 2.80. The van der Waals surface area contributed by atoms with Gasteiger partial charge in [0.15, 0.2) is 5.76 Å². The van der Waals surface area contributed by atoms with Crippen LogP contribution < -0.4 is 10.6 Å². The minimum Gasteiger partial charge on any atom is -0.359 e. The Labute approximate surface area is 120 Å². The molecule has 0 spiro atoms. The van der Waals surface area contributed by atoms with Gasteiger partial charge in [0, 0.05) is 6.42 Å². The van der Waals surface area contributed by atoms with Crippen LogP contribution in [0.5, 0.6) is 0 Å². The summed E-state index contributed by atoms with van der Waals surface area (Å²) in [7, 11) is 0. The standard InChI is InChI=1S/C15H25N3O2/c1-4-13-15(11(3)20-18-13)17-14(19)8-10(2)12-6-5-7-16-9-12/h10,12,16H,4-9H2,1-3H3,(H,17,19)/t10-,12+/m1/s1. The second kappa shape index (κ2) is 6.88. The van der Waals surface area contributed by atoms with Gasteiger partial charge >= 0.3 is 0 Å². The van der Waals surface area contributed by atoms with Gasteiger partial charge in [-0.1, -0.05) is 19.0 Å². The van der Waals surface area contributed by atoms with Crippen LogP contribution in [0.3, 0.4) is 0 Å². The van der Waals surface area contributed by atoms with E-state index in [0.717, 1.165) is 30.9 Å². The number of amides is 1. The van der Waals surface area contributed by atoms with E-state index in [1.807, 2.05) is 13.8 Å². The molecule has 1 aliphatic rings. The number of carbonyl (C=O) groups is 1. The van der Waals surface area contributed by atoms with Crippen molar-refractivity contribution in [3.05, 3.63) is 11.5 Å². The number of carbonyl (C=O) groups excluding carboxylic acids is 1. The summed E-state index contributed by atoms with van der Waals surface area (Å²) in [6.07, 6.45) is 3.74. The molecule has 2 heterocycles. The lowest BCUT2D eigenvalue weighted by molar-refractivity contribution is -0.117. The van der Waals surface area contributed by atoms with Crippen molar-refractivity contribution in [3.8, 4) is 0 Å². The van der Waals surface area contributed by atoms with Crippen LogP contribution in [-0.2, 0) is 11.2 Å². The molecule has 1 fully saturated rings. The van der Waals surface area contributed by atoms with Gasteiger partial charge in [0.05, 0.1) is 0 Å². The van der Waals surface area contributed by atoms with Crippen molar-refractivity contribution >= 4 is 11.6 Å². The summed E-state index contributed by atoms with van der Waals surface area (Å²) in [5, 5.41) is 10.3. The molecule has 0 bridgehead atoms. The molecule has 2 rings (SSSR count). The Kier molecular flexibility index (Phi) is 5.17. The second-order valence-electron chi connectivity index (χ2n) is 5.75. The number of rotatable bonds is 5. The molecule has 112 valence electrons. The number of piperidine rings is 1. The van der Waals surface area contributed by atoms with Crippen LogP contribution in [0.4, 0.5) is 5.69 Å². The van der Waals surface area contributed by atoms with Gasteiger partial charge in [-0.3, -0.25) is 4.79 Å². The first-order valence-electron chi connectivity index (χ1n) is 7.57. The molecule has 0 saturated carbocycles. The monoisotopic (exact) mass is 279 g/mol. The minimum atomic E-state index is 0.0593. The van der Waals surface area contributed by atoms with E-state index in [0.29, 0.717) is 24.0 Å². The molecule has 1 aliphatic heterocycles. The molecule has 1 aromatic heterocycles. The SMILES string of the molecule is CCc1noc(C)c1NC(=O)C[C@@H](C)[C@H]1CCCNC1. The van der Waals surface area contributed by atoms with Crippen LogP contribution in [0, 0.1) is 18.8 Å². The van der Waals surface area contributed by atoms with Crippen LogP contribution >= 0.6 is 0 Å². The predicted octanol–water partition coefficient (Wildman–Crippen LogP) is 2.51. The third-order valence-corrected chi connectivity index (χ3v) is 4.18. The van der Waals surface area contributed by atoms with Crippen molar-refractivity contribution in [1.82, 2.24) is 10.5 Å². The molecular weight excluding hydrogens is 254 g/mol. The molecule has 5 nitrogen and oxygen atoms in total. The van der Waals surface area contributed by atoms with E-state index >= 15 is 0 Å². The molecule has 20 heavy (non-hydrogen) atoms. The number of hydrogen-bond donors (Lipinski definition) is 2. The summed E-state index contributed by atoms with van der Waals surface area (Å²) < 4.78 is 5.13. The largest absolute Gasteiger partial charge is 0.359 e. The van der Waals surface area contributed by atoms with Gasteiger partial charge in [-0.05, 0) is 51.1 Å². The van der Waals surface area contributed by atoms with Gasteiger partial charge in [0.2, 0.25) is 5.91 Å². The summed E-state index contributed by atoms with van der Waals surface area (Å²) in [6.45, 7) is 8.13. The summed E-state index contributed by atoms with van der Waals surface area (Å²) >= 11 is 0. The minimum absolute atomic E-state index is 0.0593. The molecule has 0 aliphatic carbocycles. The lowest BCUT2D eigenvalue weighted by Gasteiger charge is -2.28. The van der Waals surface area contributed by atoms with E-state index in [9.17, 15) is 4.79 Å². The highest BCUT2D eigenvalue weighted by atomic mass is 16.5. The van der Waals surface area contributed by atoms with E-state index < -0.39 is 0 Å². The summed E-state index contributed by atoms with van der Waals surface area (Å²) in [6, 6.07) is 0. The van der Waals surface area contributed by atoms with Crippen molar-refractivity contribution in [1.29, 1.82) is 0 Å². The van der Waals surface area contributed by atoms with Gasteiger partial charge in [0.1, 0.15) is 11.4 Å². The van der Waals surface area contributed by atoms with E-state index in [1.54, 1.807) is 0 Å². The topological polar surface area (TPSA) is 67.2 Å². The Morgan fingerprint density at radius 2 is 2.40 bits per heavy atom. The zero-order chi connectivity index (χ0) is 14.5. The van der Waals surface area contributed by atoms with Crippen LogP contribution in [0.25, 0.3) is 0 Å². The van der Waals surface area contributed by atoms with Crippen molar-refractivity contribution in [2.75, 3.05) is 18.4 Å². The van der Waals surface area contributed by atoms with Crippen LogP contribution in [0.2, 0.25) is 0 Å². The average molecular weight is 279 g/mol. The van der Waals surface area contributed by atoms with Crippen molar-refractivity contribution in [2.24, 2.45) is 11.8 Å². The maximum absolute atomic E-state index is 12.2. The maximum atomic E-state index is 12.2. The highest BCUT2D eigenvalue weighted by Crippen LogP contribution is 2.25. The first kappa shape index (κ1) is 15.0. The first-order chi connectivity index (χ1) is 9.61. The number of hydrogen-bond acceptors (Lipinski definition) is 4. The van der Waals surface area contributed by atoms with Gasteiger partial charge in [0.25, 0.3) is 0 Å². The number of nitrogens with zero attached hydrogens (tertiary/aromatic N) is 1. The molecule has 0 aromatic carbocycles. The Hall–Kier alpha value is -1.36. The summed E-state index contributed by atoms with van der Waals surface area (Å²) in [5.74, 6) is 1.74. The molecule has 5 heteroatoms. The fourth-order valence-corrected chi connectivity index (χ4v) is 2.83. The predicted molar refractivity (Wildman–Crippen MR) is 78.6 cm³/mol. The Morgan fingerprint density at radius 1 is 1.60 bits per heavy atom. The van der Waals surface area contributed by atoms with Crippen molar-refractivity contribution in [2.45, 2.75) is 46.5 Å². The lowest BCUT2D eigenvalue weighted by Crippen LogP contribution is -2.34. The molecule has 2 atom stereocenters. The molecule has 2 N–H and O–H groups in total. The Morgan fingerprint density at radius 3 is 3.05 bits per heavy atom. The fraction of sp³-hybridized carbons (Fsp3) is 0.733. The number of anilines is 1. The second-order valence-corrected chi connectivity index (χ2v) is 5.75. The molecule has 0 unspecified atom stereocenters. The number of aromatic nitrogens is 1. The summed E-state index contributed by atoms with van der Waals surface area (Å²) in [5.41, 5.74) is 1.58. The Bertz CT molecular complexity index is 450. The van der Waals surface area contributed by atoms with Crippen LogP contribution in [-0.4, -0.2) is 24.2 Å². The van der Waals surface area contributed by atoms with Crippen LogP contribution in [0.15, 0.2) is 4.52 Å². The smallest absolute Gasteiger partial charge is 0.224 e. The highest BCUT2D eigenvalue weighted by Gasteiger charge is 2.23. The molecule has 1 saturated heterocycles. The third kappa shape index (κ3) is 3.60. The zero-order valence-corrected chi connectivity index (χ0v) is 12.7. The van der Waals surface area contributed by atoms with E-state index in [2.05, 4.69) is 22.7 Å². The van der Waals surface area contributed by atoms with Gasteiger partial charge in [-0.25, -0.2) is 0 Å². The number of nitrogens with one attached hydrogen (secondary N) is 2. The van der Waals surface area contributed by atoms with Crippen molar-refractivity contribution in [3.63, 3.8) is 0 Å². The third-order valence-electron chi connectivity index (χ3n) is 4.18. The van der Waals surface area contributed by atoms with E-state index in [-0.39, 0.29) is 5.91 Å². The lowest BCUT2D eigenvalue weighted by atomic mass is 9.85. The highest BCUT2D eigenvalue weighted by molar-refractivity contribution is 5.91. The van der Waals surface area contributed by atoms with E-state index in [4.69, 9.17) is 4.52 Å². The quantitative estimate of drug-likeness (QED) is 0.869. The zero-order valence-electron chi connectivity index (χ0n) is 12.7. The van der Waals surface area contributed by atoms with Gasteiger partial charge in [-0.2, -0.15) is 0 Å². The number of aryl methyl sites for hydroxylation is 2. The molecule has 0 radical (unpaired) electrons.